The summed E-state index contributed by atoms with van der Waals surface area (Å²) in [6, 6.07) is 0. The van der Waals surface area contributed by atoms with Crippen molar-refractivity contribution >= 4 is 5.78 Å². The van der Waals surface area contributed by atoms with Crippen LogP contribution in [0.1, 0.15) is 58.8 Å². The number of rotatable bonds is 6. The molecule has 0 aromatic carbocycles. The highest BCUT2D eigenvalue weighted by Gasteiger charge is 1.93. The van der Waals surface area contributed by atoms with Crippen molar-refractivity contribution < 1.29 is 4.79 Å². The first-order chi connectivity index (χ1) is 6.31. The van der Waals surface area contributed by atoms with Crippen LogP contribution in [-0.2, 0) is 4.79 Å². The van der Waals surface area contributed by atoms with E-state index in [1.165, 1.54) is 12.8 Å². The molecule has 0 aromatic heterocycles. The summed E-state index contributed by atoms with van der Waals surface area (Å²) in [5.41, 5.74) is 0. The largest absolute Gasteiger partial charge is 0.285 e. The van der Waals surface area contributed by atoms with Crippen LogP contribution in [0.25, 0.3) is 0 Å². The van der Waals surface area contributed by atoms with Crippen molar-refractivity contribution in [2.24, 2.45) is 0 Å². The van der Waals surface area contributed by atoms with Crippen molar-refractivity contribution in [3.63, 3.8) is 0 Å². The van der Waals surface area contributed by atoms with Gasteiger partial charge in [0.1, 0.15) is 0 Å². The topological polar surface area (TPSA) is 17.1 Å². The summed E-state index contributed by atoms with van der Waals surface area (Å²) >= 11 is 0. The second-order valence-electron chi connectivity index (χ2n) is 3.29. The Kier molecular flexibility index (Phi) is 8.77. The van der Waals surface area contributed by atoms with E-state index in [1.54, 1.807) is 0 Å². The van der Waals surface area contributed by atoms with Gasteiger partial charge in [-0.25, -0.2) is 0 Å². The fourth-order valence-electron chi connectivity index (χ4n) is 1.02. The van der Waals surface area contributed by atoms with Crippen LogP contribution in [0.4, 0.5) is 0 Å². The Morgan fingerprint density at radius 2 is 1.77 bits per heavy atom. The smallest absolute Gasteiger partial charge is 0.205 e. The van der Waals surface area contributed by atoms with E-state index in [0.717, 1.165) is 25.7 Å². The SMILES string of the molecule is CCCCCC#CC(=O)CCCC. The Morgan fingerprint density at radius 1 is 1.08 bits per heavy atom. The number of carbonyl (C=O) groups excluding carboxylic acids is 1. The van der Waals surface area contributed by atoms with Crippen molar-refractivity contribution in [3.8, 4) is 11.8 Å². The second-order valence-corrected chi connectivity index (χ2v) is 3.29. The van der Waals surface area contributed by atoms with Gasteiger partial charge in [0, 0.05) is 12.8 Å². The van der Waals surface area contributed by atoms with E-state index in [2.05, 4.69) is 25.7 Å². The number of hydrogen-bond donors (Lipinski definition) is 0. The van der Waals surface area contributed by atoms with Crippen LogP contribution >= 0.6 is 0 Å². The van der Waals surface area contributed by atoms with E-state index in [-0.39, 0.29) is 5.78 Å². The van der Waals surface area contributed by atoms with Crippen molar-refractivity contribution in [2.75, 3.05) is 0 Å². The molecule has 0 atom stereocenters. The fourth-order valence-corrected chi connectivity index (χ4v) is 1.02. The standard InChI is InChI=1S/C12H20O/c1-3-5-7-8-9-11-12(13)10-6-4-2/h3-8,10H2,1-2H3. The molecule has 0 fully saturated rings. The van der Waals surface area contributed by atoms with Crippen molar-refractivity contribution in [3.05, 3.63) is 0 Å². The zero-order valence-corrected chi connectivity index (χ0v) is 8.86. The van der Waals surface area contributed by atoms with E-state index in [4.69, 9.17) is 0 Å². The van der Waals surface area contributed by atoms with E-state index in [9.17, 15) is 4.79 Å². The third kappa shape index (κ3) is 9.14. The van der Waals surface area contributed by atoms with E-state index >= 15 is 0 Å². The second kappa shape index (κ2) is 9.32. The molecule has 0 radical (unpaired) electrons. The molecule has 1 nitrogen and oxygen atoms in total. The van der Waals surface area contributed by atoms with E-state index in [1.807, 2.05) is 0 Å². The lowest BCUT2D eigenvalue weighted by Gasteiger charge is -1.89. The molecule has 0 saturated heterocycles. The minimum Gasteiger partial charge on any atom is -0.285 e. The maximum atomic E-state index is 11.1. The highest BCUT2D eigenvalue weighted by molar-refractivity contribution is 5.95. The van der Waals surface area contributed by atoms with E-state index in [0.29, 0.717) is 6.42 Å². The van der Waals surface area contributed by atoms with Gasteiger partial charge in [-0.1, -0.05) is 39.0 Å². The Morgan fingerprint density at radius 3 is 2.38 bits per heavy atom. The molecule has 74 valence electrons. The van der Waals surface area contributed by atoms with Gasteiger partial charge in [-0.15, -0.1) is 0 Å². The lowest BCUT2D eigenvalue weighted by Crippen LogP contribution is -1.91. The molecule has 0 unspecified atom stereocenters. The zero-order valence-electron chi connectivity index (χ0n) is 8.86. The van der Waals surface area contributed by atoms with Crippen LogP contribution in [0, 0.1) is 11.8 Å². The van der Waals surface area contributed by atoms with Crippen LogP contribution in [0.15, 0.2) is 0 Å². The van der Waals surface area contributed by atoms with Crippen LogP contribution in [0.5, 0.6) is 0 Å². The van der Waals surface area contributed by atoms with Crippen LogP contribution in [0.3, 0.4) is 0 Å². The monoisotopic (exact) mass is 180 g/mol. The van der Waals surface area contributed by atoms with Gasteiger partial charge in [0.05, 0.1) is 0 Å². The Hall–Kier alpha value is -0.770. The van der Waals surface area contributed by atoms with Gasteiger partial charge in [0.25, 0.3) is 0 Å². The first kappa shape index (κ1) is 12.2. The summed E-state index contributed by atoms with van der Waals surface area (Å²) in [6.45, 7) is 4.25. The number of ketones is 1. The van der Waals surface area contributed by atoms with Gasteiger partial charge in [-0.2, -0.15) is 0 Å². The summed E-state index contributed by atoms with van der Waals surface area (Å²) in [5, 5.41) is 0. The van der Waals surface area contributed by atoms with Gasteiger partial charge < -0.3 is 0 Å². The first-order valence-electron chi connectivity index (χ1n) is 5.33. The maximum Gasteiger partial charge on any atom is 0.205 e. The predicted molar refractivity (Wildman–Crippen MR) is 56.5 cm³/mol. The Bertz CT molecular complexity index is 183. The molecule has 0 aliphatic carbocycles. The molecule has 0 rings (SSSR count). The average molecular weight is 180 g/mol. The molecule has 0 aliphatic heterocycles. The molecule has 0 amide bonds. The highest BCUT2D eigenvalue weighted by Crippen LogP contribution is 1.97. The van der Waals surface area contributed by atoms with Crippen molar-refractivity contribution in [1.82, 2.24) is 0 Å². The van der Waals surface area contributed by atoms with Gasteiger partial charge in [0.2, 0.25) is 5.78 Å². The normalized spacial score (nSPS) is 9.08. The third-order valence-corrected chi connectivity index (χ3v) is 1.89. The molecule has 0 aromatic rings. The lowest BCUT2D eigenvalue weighted by molar-refractivity contribution is -0.113. The van der Waals surface area contributed by atoms with Crippen molar-refractivity contribution in [1.29, 1.82) is 0 Å². The minimum absolute atomic E-state index is 0.110. The van der Waals surface area contributed by atoms with Crippen LogP contribution < -0.4 is 0 Å². The van der Waals surface area contributed by atoms with Crippen LogP contribution in [0.2, 0.25) is 0 Å². The number of carbonyl (C=O) groups is 1. The predicted octanol–water partition coefficient (Wildman–Crippen LogP) is 3.33. The summed E-state index contributed by atoms with van der Waals surface area (Å²) in [4.78, 5) is 11.1. The minimum atomic E-state index is 0.110. The van der Waals surface area contributed by atoms with Gasteiger partial charge in [-0.05, 0) is 18.8 Å². The lowest BCUT2D eigenvalue weighted by atomic mass is 10.1. The number of unbranched alkanes of at least 4 members (excludes halogenated alkanes) is 4. The highest BCUT2D eigenvalue weighted by atomic mass is 16.1. The molecule has 0 heterocycles. The maximum absolute atomic E-state index is 11.1. The summed E-state index contributed by atoms with van der Waals surface area (Å²) in [7, 11) is 0. The first-order valence-corrected chi connectivity index (χ1v) is 5.33. The number of Topliss-reactive ketones (excluding diaryl/α,β-unsaturated/α-hetero) is 1. The number of hydrogen-bond acceptors (Lipinski definition) is 1. The fraction of sp³-hybridized carbons (Fsp3) is 0.750. The summed E-state index contributed by atoms with van der Waals surface area (Å²) in [6.07, 6.45) is 7.13. The van der Waals surface area contributed by atoms with Gasteiger partial charge in [-0.3, -0.25) is 4.79 Å². The van der Waals surface area contributed by atoms with Gasteiger partial charge in [0.15, 0.2) is 0 Å². The molecular weight excluding hydrogens is 160 g/mol. The van der Waals surface area contributed by atoms with Gasteiger partial charge >= 0.3 is 0 Å². The molecule has 0 saturated carbocycles. The molecule has 0 aliphatic rings. The third-order valence-electron chi connectivity index (χ3n) is 1.89. The van der Waals surface area contributed by atoms with E-state index < -0.39 is 0 Å². The molecule has 13 heavy (non-hydrogen) atoms. The summed E-state index contributed by atoms with van der Waals surface area (Å²) in [5.74, 6) is 5.73. The quantitative estimate of drug-likeness (QED) is 0.348. The average Bonchev–Trinajstić information content (AvgIpc) is 2.14. The Labute approximate surface area is 81.9 Å². The molecular formula is C12H20O. The van der Waals surface area contributed by atoms with Crippen molar-refractivity contribution in [2.45, 2.75) is 58.8 Å². The Balaban J connectivity index is 3.40. The molecule has 1 heteroatoms. The zero-order chi connectivity index (χ0) is 9.94. The molecule has 0 N–H and O–H groups in total. The summed E-state index contributed by atoms with van der Waals surface area (Å²) < 4.78 is 0. The molecule has 0 spiro atoms. The molecule has 0 bridgehead atoms. The van der Waals surface area contributed by atoms with Crippen LogP contribution in [-0.4, -0.2) is 5.78 Å².